The molecule has 5 aliphatic carbocycles. The molecular formula is C71H10O. The maximum absolute atomic E-state index is 14.7. The third kappa shape index (κ3) is 1.40. The summed E-state index contributed by atoms with van der Waals surface area (Å²) in [5, 5.41) is 87.0. The molecule has 72 heavy (non-hydrogen) atoms. The number of allylic oxidation sites excluding steroid dienone is 2. The maximum Gasteiger partial charge on any atom is 0.152 e. The lowest BCUT2D eigenvalue weighted by atomic mass is 9.48. The van der Waals surface area contributed by atoms with Gasteiger partial charge >= 0.3 is 0 Å². The van der Waals surface area contributed by atoms with Gasteiger partial charge in [0.25, 0.3) is 0 Å². The standard InChI is InChI=1S/C71H10O/c1-7-3-4-10-9(5-7)11(6-8(2)72)71-68-62-52-42-32-24-16-13-12-14-18-20(16)28-34-26(18)36-30-22(14)23-15(12)19-21-17(13)25(24)33-39-29(21)35-27(19)37-31(23)41-40(30)50-44(36)54-48(34)56(46(52)38(28)32)64(68)60(54)66-58(50)59-51(41)45(37)55-49(35)57-47(39)53(43(33)42)63(62)69(71)65(57)61(55)67(59)70(10,66)71/h3-6H,1-2H3/b11-6+. The average molecular weight is 879 g/mol. The van der Waals surface area contributed by atoms with E-state index in [-0.39, 0.29) is 5.78 Å². The predicted octanol–water partition coefficient (Wildman–Crippen LogP) is 18.6. The van der Waals surface area contributed by atoms with E-state index in [0.717, 1.165) is 0 Å². The minimum Gasteiger partial charge on any atom is -0.295 e. The minimum absolute atomic E-state index is 0.173. The van der Waals surface area contributed by atoms with Gasteiger partial charge in [0.1, 0.15) is 0 Å². The zero-order chi connectivity index (χ0) is 43.2. The number of aryl methyl sites for hydroxylation is 1. The molecule has 0 aliphatic heterocycles. The molecule has 29 aromatic rings. The number of ketones is 1. The Bertz CT molecular complexity index is 7440. The second-order valence-electron chi connectivity index (χ2n) is 26.5. The molecule has 34 rings (SSSR count). The monoisotopic (exact) mass is 878 g/mol. The molecule has 0 saturated heterocycles. The van der Waals surface area contributed by atoms with E-state index in [9.17, 15) is 4.79 Å². The van der Waals surface area contributed by atoms with Gasteiger partial charge in [0.2, 0.25) is 0 Å². The topological polar surface area (TPSA) is 17.1 Å². The molecule has 0 bridgehead atoms. The van der Waals surface area contributed by atoms with E-state index >= 15 is 0 Å². The molecule has 0 saturated carbocycles. The Morgan fingerprint density at radius 2 is 0.486 bits per heavy atom. The van der Waals surface area contributed by atoms with Crippen LogP contribution in [0.2, 0.25) is 0 Å². The highest BCUT2D eigenvalue weighted by Crippen LogP contribution is 2.88. The molecule has 0 N–H and O–H groups in total. The van der Waals surface area contributed by atoms with Crippen LogP contribution in [0.25, 0.3) is 296 Å². The fraction of sp³-hybridized carbons (Fsp3) is 0.0563. The molecule has 0 heterocycles. The Balaban J connectivity index is 1.20. The first-order chi connectivity index (χ1) is 35.7. The largest absolute Gasteiger partial charge is 0.295 e. The molecule has 300 valence electrons. The van der Waals surface area contributed by atoms with Crippen LogP contribution in [-0.4, -0.2) is 5.78 Å². The number of carbonyl (C=O) groups excluding carboxylic acids is 1. The van der Waals surface area contributed by atoms with E-state index in [1.165, 1.54) is 22.3 Å². The normalized spacial score (nSPS) is 22.5. The summed E-state index contributed by atoms with van der Waals surface area (Å²) in [4.78, 5) is 14.7. The zero-order valence-corrected chi connectivity index (χ0v) is 37.2. The quantitative estimate of drug-likeness (QED) is 0.119. The van der Waals surface area contributed by atoms with E-state index in [2.05, 4.69) is 31.2 Å². The van der Waals surface area contributed by atoms with Gasteiger partial charge in [0.05, 0.1) is 10.8 Å². The van der Waals surface area contributed by atoms with Crippen LogP contribution in [-0.2, 0) is 15.6 Å². The van der Waals surface area contributed by atoms with Gasteiger partial charge in [-0.25, -0.2) is 0 Å². The predicted molar refractivity (Wildman–Crippen MR) is 303 cm³/mol. The van der Waals surface area contributed by atoms with Crippen LogP contribution in [0.5, 0.6) is 0 Å². The molecule has 0 amide bonds. The fourth-order valence-electron chi connectivity index (χ4n) is 26.0. The smallest absolute Gasteiger partial charge is 0.152 e. The highest BCUT2D eigenvalue weighted by atomic mass is 16.1. The van der Waals surface area contributed by atoms with E-state index in [1.807, 2.05) is 6.92 Å². The summed E-state index contributed by atoms with van der Waals surface area (Å²) in [6, 6.07) is 7.60. The summed E-state index contributed by atoms with van der Waals surface area (Å²) in [6.45, 7) is 4.16. The van der Waals surface area contributed by atoms with E-state index in [4.69, 9.17) is 0 Å². The molecule has 0 fully saturated rings. The van der Waals surface area contributed by atoms with Crippen molar-refractivity contribution in [1.82, 2.24) is 0 Å². The van der Waals surface area contributed by atoms with Crippen LogP contribution < -0.4 is 0 Å². The molecule has 0 aromatic heterocycles. The minimum atomic E-state index is -0.611. The molecular weight excluding hydrogens is 869 g/mol. The van der Waals surface area contributed by atoms with Gasteiger partial charge < -0.3 is 0 Å². The molecule has 0 radical (unpaired) electrons. The lowest BCUT2D eigenvalue weighted by molar-refractivity contribution is -0.112. The van der Waals surface area contributed by atoms with Gasteiger partial charge in [0.15, 0.2) is 5.78 Å². The number of rotatable bonds is 1. The number of fused-ring (bicyclic) bond motifs is 1. The highest BCUT2D eigenvalue weighted by Gasteiger charge is 2.74. The van der Waals surface area contributed by atoms with Gasteiger partial charge in [0, 0.05) is 0 Å². The Morgan fingerprint density at radius 1 is 0.292 bits per heavy atom. The van der Waals surface area contributed by atoms with E-state index in [0.29, 0.717) is 0 Å². The van der Waals surface area contributed by atoms with Crippen molar-refractivity contribution in [1.29, 1.82) is 0 Å². The number of benzene rings is 19. The molecule has 2 spiro atoms. The summed E-state index contributed by atoms with van der Waals surface area (Å²) in [7, 11) is 0. The first kappa shape index (κ1) is 26.9. The Kier molecular flexibility index (Phi) is 2.25. The van der Waals surface area contributed by atoms with Crippen molar-refractivity contribution in [3.8, 4) is 0 Å². The van der Waals surface area contributed by atoms with Crippen molar-refractivity contribution in [3.63, 3.8) is 0 Å². The molecule has 1 nitrogen and oxygen atoms in total. The molecule has 1 heteroatoms. The summed E-state index contributed by atoms with van der Waals surface area (Å²) in [6.07, 6.45) is 2.21. The number of hydrogen-bond donors (Lipinski definition) is 0. The Morgan fingerprint density at radius 3 is 0.694 bits per heavy atom. The molecule has 29 aromatic carbocycles. The summed E-state index contributed by atoms with van der Waals surface area (Å²) in [5.41, 5.74) is 10.7. The highest BCUT2D eigenvalue weighted by molar-refractivity contribution is 6.82. The van der Waals surface area contributed by atoms with Crippen molar-refractivity contribution in [2.75, 3.05) is 0 Å². The summed E-state index contributed by atoms with van der Waals surface area (Å²) < 4.78 is 0. The summed E-state index contributed by atoms with van der Waals surface area (Å²) in [5.74, 6) is 0.173. The first-order valence-electron chi connectivity index (χ1n) is 26.8. The van der Waals surface area contributed by atoms with Crippen LogP contribution in [0.4, 0.5) is 0 Å². The van der Waals surface area contributed by atoms with Gasteiger partial charge in [-0.3, -0.25) is 4.79 Å². The van der Waals surface area contributed by atoms with E-state index in [1.54, 1.807) is 313 Å². The zero-order valence-electron chi connectivity index (χ0n) is 37.2. The van der Waals surface area contributed by atoms with Crippen molar-refractivity contribution in [3.05, 3.63) is 63.2 Å². The third-order valence-electron chi connectivity index (χ3n) is 25.9. The van der Waals surface area contributed by atoms with Crippen LogP contribution in [0.1, 0.15) is 45.9 Å². The Hall–Kier alpha value is -8.91. The Labute approximate surface area is 392 Å². The van der Waals surface area contributed by atoms with Crippen molar-refractivity contribution in [2.24, 2.45) is 0 Å². The second-order valence-corrected chi connectivity index (χ2v) is 26.5. The van der Waals surface area contributed by atoms with Crippen molar-refractivity contribution >= 4 is 302 Å². The van der Waals surface area contributed by atoms with Crippen molar-refractivity contribution < 1.29 is 4.79 Å². The van der Waals surface area contributed by atoms with Crippen LogP contribution in [0, 0.1) is 6.92 Å². The lowest BCUT2D eigenvalue weighted by Gasteiger charge is -2.51. The van der Waals surface area contributed by atoms with Crippen LogP contribution in [0.3, 0.4) is 0 Å². The lowest BCUT2D eigenvalue weighted by Crippen LogP contribution is -2.49. The first-order valence-corrected chi connectivity index (χ1v) is 26.8. The summed E-state index contributed by atoms with van der Waals surface area (Å²) >= 11 is 0. The van der Waals surface area contributed by atoms with Gasteiger partial charge in [-0.05, 0) is 350 Å². The average Bonchev–Trinajstić information content (AvgIpc) is 4.32. The van der Waals surface area contributed by atoms with Gasteiger partial charge in [-0.1, -0.05) is 23.8 Å². The van der Waals surface area contributed by atoms with E-state index < -0.39 is 10.8 Å². The molecule has 5 aliphatic rings. The number of hydrogen-bond acceptors (Lipinski definition) is 1. The van der Waals surface area contributed by atoms with Crippen LogP contribution >= 0.6 is 0 Å². The molecule has 0 atom stereocenters. The van der Waals surface area contributed by atoms with Gasteiger partial charge in [-0.2, -0.15) is 0 Å². The SMILES string of the molecule is CC(=O)/C=C1\c2cc(C)ccc2C23c4c5c6c7c8c9c(c%10c%11c2c2c4c4c%12c5c5c6c6c8c8c%13c9c9c%10c%10c%11c%11c2c2c4c4c%12c%12c5c5c6c8c6c8c%13c9c9c%10c%10c%11c2c2c4c4c%12c5c6c5c8c9c%10c2c45)C173. The maximum atomic E-state index is 14.7. The molecule has 0 unspecified atom stereocenters. The van der Waals surface area contributed by atoms with Gasteiger partial charge in [-0.15, -0.1) is 0 Å². The second kappa shape index (κ2) is 6.03. The number of carbonyl (C=O) groups is 1. The van der Waals surface area contributed by atoms with Crippen molar-refractivity contribution in [2.45, 2.75) is 24.7 Å². The fourth-order valence-corrected chi connectivity index (χ4v) is 26.0. The third-order valence-corrected chi connectivity index (χ3v) is 25.9. The van der Waals surface area contributed by atoms with Crippen LogP contribution in [0.15, 0.2) is 24.3 Å².